The van der Waals surface area contributed by atoms with Crippen LogP contribution >= 0.6 is 11.6 Å². The van der Waals surface area contributed by atoms with Crippen LogP contribution in [-0.2, 0) is 33.2 Å². The van der Waals surface area contributed by atoms with E-state index in [1.54, 1.807) is 0 Å². The van der Waals surface area contributed by atoms with Gasteiger partial charge in [-0.25, -0.2) is 4.79 Å². The van der Waals surface area contributed by atoms with Crippen LogP contribution in [0.1, 0.15) is 29.2 Å². The Balaban J connectivity index is 2.12. The second kappa shape index (κ2) is 9.65. The highest BCUT2D eigenvalue weighted by Crippen LogP contribution is 2.38. The van der Waals surface area contributed by atoms with Gasteiger partial charge in [0, 0.05) is 40.3 Å². The predicted octanol–water partition coefficient (Wildman–Crippen LogP) is 6.41. The Kier molecular flexibility index (Phi) is 7.21. The maximum absolute atomic E-state index is 13.6. The second-order valence-electron chi connectivity index (χ2n) is 7.31. The van der Waals surface area contributed by atoms with Crippen LogP contribution in [0.15, 0.2) is 48.7 Å². The van der Waals surface area contributed by atoms with Crippen molar-refractivity contribution in [2.45, 2.75) is 25.8 Å². The van der Waals surface area contributed by atoms with Gasteiger partial charge in [-0.05, 0) is 42.8 Å². The quantitative estimate of drug-likeness (QED) is 0.134. The van der Waals surface area contributed by atoms with Crippen molar-refractivity contribution >= 4 is 40.0 Å². The van der Waals surface area contributed by atoms with Crippen molar-refractivity contribution in [1.82, 2.24) is 4.57 Å². The molecular weight excluding hydrogens is 504 g/mol. The zero-order chi connectivity index (χ0) is 26.1. The van der Waals surface area contributed by atoms with E-state index in [2.05, 4.69) is 4.74 Å². The number of carbonyl (C=O) groups is 2. The molecule has 1 N–H and O–H groups in total. The topological polar surface area (TPSA) is 68.5 Å². The van der Waals surface area contributed by atoms with Crippen LogP contribution in [0.3, 0.4) is 0 Å². The number of alkyl halides is 6. The van der Waals surface area contributed by atoms with Gasteiger partial charge in [0.05, 0.1) is 17.7 Å². The summed E-state index contributed by atoms with van der Waals surface area (Å²) < 4.78 is 85.5. The molecule has 3 rings (SSSR count). The standard InChI is InChI=1S/C23H16ClF6NO4/c1-2-35-21(34)20(33)9-19(32)16-11-31(18-6-5-14(24)8-15(16)18)10-12-3-4-13(22(25,26)27)7-17(12)23(28,29)30/h3-9,11,32H,2,10H2,1H3. The fourth-order valence-electron chi connectivity index (χ4n) is 3.41. The first-order valence-electron chi connectivity index (χ1n) is 9.90. The maximum atomic E-state index is 13.6. The summed E-state index contributed by atoms with van der Waals surface area (Å²) in [6.07, 6.45) is -8.25. The van der Waals surface area contributed by atoms with Gasteiger partial charge in [0.15, 0.2) is 0 Å². The number of halogens is 7. The molecule has 0 aliphatic carbocycles. The molecule has 0 aliphatic heterocycles. The molecule has 0 aliphatic rings. The normalized spacial score (nSPS) is 12.7. The minimum absolute atomic E-state index is 0.0359. The predicted molar refractivity (Wildman–Crippen MR) is 115 cm³/mol. The first-order valence-corrected chi connectivity index (χ1v) is 10.3. The average molecular weight is 520 g/mol. The Morgan fingerprint density at radius 1 is 1.06 bits per heavy atom. The van der Waals surface area contributed by atoms with Gasteiger partial charge in [-0.15, -0.1) is 0 Å². The molecule has 0 saturated carbocycles. The molecule has 12 heteroatoms. The molecule has 3 aromatic rings. The number of ether oxygens (including phenoxy) is 1. The molecule has 1 heterocycles. The maximum Gasteiger partial charge on any atom is 0.416 e. The van der Waals surface area contributed by atoms with Crippen LogP contribution in [0.5, 0.6) is 0 Å². The largest absolute Gasteiger partial charge is 0.507 e. The van der Waals surface area contributed by atoms with E-state index in [1.807, 2.05) is 0 Å². The summed E-state index contributed by atoms with van der Waals surface area (Å²) in [4.78, 5) is 23.5. The summed E-state index contributed by atoms with van der Waals surface area (Å²) in [5.41, 5.74) is -3.16. The van der Waals surface area contributed by atoms with Crippen LogP contribution in [0.4, 0.5) is 26.3 Å². The Hall–Kier alpha value is -3.47. The number of esters is 1. The summed E-state index contributed by atoms with van der Waals surface area (Å²) in [7, 11) is 0. The van der Waals surface area contributed by atoms with Crippen LogP contribution in [0.2, 0.25) is 5.02 Å². The van der Waals surface area contributed by atoms with Crippen molar-refractivity contribution in [3.05, 3.63) is 75.9 Å². The molecule has 0 unspecified atom stereocenters. The minimum atomic E-state index is -5.07. The van der Waals surface area contributed by atoms with Gasteiger partial charge in [0.1, 0.15) is 5.76 Å². The molecule has 5 nitrogen and oxygen atoms in total. The monoisotopic (exact) mass is 519 g/mol. The number of rotatable bonds is 6. The third kappa shape index (κ3) is 5.79. The van der Waals surface area contributed by atoms with Crippen molar-refractivity contribution in [2.24, 2.45) is 0 Å². The van der Waals surface area contributed by atoms with E-state index in [4.69, 9.17) is 11.6 Å². The lowest BCUT2D eigenvalue weighted by Gasteiger charge is -2.17. The molecule has 0 spiro atoms. The van der Waals surface area contributed by atoms with E-state index in [9.17, 15) is 41.0 Å². The van der Waals surface area contributed by atoms with Crippen molar-refractivity contribution in [3.8, 4) is 0 Å². The SMILES string of the molecule is CCOC(=O)C(=O)C=C(O)c1cn(Cc2ccc(C(F)(F)F)cc2C(F)(F)F)c2ccc(Cl)cc12. The lowest BCUT2D eigenvalue weighted by molar-refractivity contribution is -0.151. The molecule has 0 fully saturated rings. The number of carbonyl (C=O) groups excluding carboxylic acids is 2. The zero-order valence-corrected chi connectivity index (χ0v) is 18.6. The van der Waals surface area contributed by atoms with Gasteiger partial charge in [-0.1, -0.05) is 17.7 Å². The molecule has 0 radical (unpaired) electrons. The number of ketones is 1. The summed E-state index contributed by atoms with van der Waals surface area (Å²) in [6, 6.07) is 5.54. The number of hydrogen-bond acceptors (Lipinski definition) is 4. The Morgan fingerprint density at radius 2 is 1.74 bits per heavy atom. The van der Waals surface area contributed by atoms with Crippen LogP contribution in [0.25, 0.3) is 16.7 Å². The van der Waals surface area contributed by atoms with Gasteiger partial charge in [0.2, 0.25) is 0 Å². The first kappa shape index (κ1) is 26.1. The molecule has 35 heavy (non-hydrogen) atoms. The smallest absolute Gasteiger partial charge is 0.416 e. The second-order valence-corrected chi connectivity index (χ2v) is 7.75. The van der Waals surface area contributed by atoms with Gasteiger partial charge >= 0.3 is 18.3 Å². The van der Waals surface area contributed by atoms with E-state index in [1.165, 1.54) is 35.9 Å². The lowest BCUT2D eigenvalue weighted by Crippen LogP contribution is -2.15. The van der Waals surface area contributed by atoms with E-state index in [0.717, 1.165) is 6.07 Å². The fraction of sp³-hybridized carbons (Fsp3) is 0.217. The fourth-order valence-corrected chi connectivity index (χ4v) is 3.58. The number of aliphatic hydroxyl groups excluding tert-OH is 1. The third-order valence-corrected chi connectivity index (χ3v) is 5.18. The van der Waals surface area contributed by atoms with Crippen molar-refractivity contribution in [3.63, 3.8) is 0 Å². The van der Waals surface area contributed by atoms with Gasteiger partial charge in [-0.3, -0.25) is 4.79 Å². The molecule has 2 aromatic carbocycles. The molecule has 0 amide bonds. The number of hydrogen-bond donors (Lipinski definition) is 1. The van der Waals surface area contributed by atoms with Crippen LogP contribution in [0, 0.1) is 0 Å². The molecule has 186 valence electrons. The zero-order valence-electron chi connectivity index (χ0n) is 17.8. The lowest BCUT2D eigenvalue weighted by atomic mass is 10.0. The molecule has 1 aromatic heterocycles. The van der Waals surface area contributed by atoms with E-state index < -0.39 is 53.1 Å². The highest BCUT2D eigenvalue weighted by Gasteiger charge is 2.38. The van der Waals surface area contributed by atoms with Crippen molar-refractivity contribution in [2.75, 3.05) is 6.61 Å². The number of aromatic nitrogens is 1. The number of nitrogens with zero attached hydrogens (tertiary/aromatic N) is 1. The summed E-state index contributed by atoms with van der Waals surface area (Å²) in [5, 5.41) is 10.9. The number of fused-ring (bicyclic) bond motifs is 1. The Labute approximate surface area is 199 Å². The Morgan fingerprint density at radius 3 is 2.34 bits per heavy atom. The van der Waals surface area contributed by atoms with E-state index in [-0.39, 0.29) is 34.2 Å². The summed E-state index contributed by atoms with van der Waals surface area (Å²) >= 11 is 6.00. The highest BCUT2D eigenvalue weighted by atomic mass is 35.5. The molecule has 0 atom stereocenters. The van der Waals surface area contributed by atoms with Gasteiger partial charge in [-0.2, -0.15) is 26.3 Å². The number of benzene rings is 2. The van der Waals surface area contributed by atoms with E-state index in [0.29, 0.717) is 12.1 Å². The average Bonchev–Trinajstić information content (AvgIpc) is 3.10. The molecule has 0 saturated heterocycles. The minimum Gasteiger partial charge on any atom is -0.507 e. The van der Waals surface area contributed by atoms with Crippen LogP contribution in [-0.4, -0.2) is 28.0 Å². The van der Waals surface area contributed by atoms with Gasteiger partial charge in [0.25, 0.3) is 5.78 Å². The molecule has 0 bridgehead atoms. The van der Waals surface area contributed by atoms with Crippen molar-refractivity contribution in [1.29, 1.82) is 0 Å². The van der Waals surface area contributed by atoms with Crippen LogP contribution < -0.4 is 0 Å². The van der Waals surface area contributed by atoms with Crippen molar-refractivity contribution < 1.29 is 45.8 Å². The summed E-state index contributed by atoms with van der Waals surface area (Å²) in [6.45, 7) is 0.869. The Bertz CT molecular complexity index is 1320. The highest BCUT2D eigenvalue weighted by molar-refractivity contribution is 6.39. The molecular formula is C23H16ClF6NO4. The first-order chi connectivity index (χ1) is 16.2. The van der Waals surface area contributed by atoms with Gasteiger partial charge < -0.3 is 14.4 Å². The third-order valence-electron chi connectivity index (χ3n) is 4.95. The number of aliphatic hydroxyl groups is 1. The van der Waals surface area contributed by atoms with E-state index >= 15 is 0 Å². The summed E-state index contributed by atoms with van der Waals surface area (Å²) in [5.74, 6) is -3.08.